The number of carbonyl (C=O) groups excluding carboxylic acids is 1. The lowest BCUT2D eigenvalue weighted by Gasteiger charge is -2.36. The zero-order chi connectivity index (χ0) is 15.5. The SMILES string of the molecule is CC(C)(C)OC(=O)N1CCN(c2ccc(NO)nc2)CC1. The van der Waals surface area contributed by atoms with Gasteiger partial charge in [-0.25, -0.2) is 9.78 Å². The lowest BCUT2D eigenvalue weighted by molar-refractivity contribution is 0.0240. The van der Waals surface area contributed by atoms with Gasteiger partial charge in [-0.05, 0) is 32.9 Å². The average Bonchev–Trinajstić information content (AvgIpc) is 2.46. The van der Waals surface area contributed by atoms with Crippen LogP contribution in [0.1, 0.15) is 20.8 Å². The summed E-state index contributed by atoms with van der Waals surface area (Å²) in [6, 6.07) is 3.59. The van der Waals surface area contributed by atoms with Crippen molar-refractivity contribution in [2.45, 2.75) is 26.4 Å². The molecule has 2 N–H and O–H groups in total. The number of hydrogen-bond acceptors (Lipinski definition) is 6. The van der Waals surface area contributed by atoms with Crippen molar-refractivity contribution in [1.82, 2.24) is 9.88 Å². The molecule has 0 unspecified atom stereocenters. The minimum atomic E-state index is -0.467. The van der Waals surface area contributed by atoms with E-state index in [-0.39, 0.29) is 6.09 Å². The molecule has 2 heterocycles. The second-order valence-corrected chi connectivity index (χ2v) is 5.97. The number of pyridine rings is 1. The van der Waals surface area contributed by atoms with E-state index in [0.717, 1.165) is 18.8 Å². The molecule has 0 saturated carbocycles. The first kappa shape index (κ1) is 15.4. The number of nitrogens with zero attached hydrogens (tertiary/aromatic N) is 3. The largest absolute Gasteiger partial charge is 0.444 e. The number of aromatic nitrogens is 1. The molecule has 0 spiro atoms. The number of rotatable bonds is 2. The van der Waals surface area contributed by atoms with Crippen molar-refractivity contribution in [3.8, 4) is 0 Å². The Kier molecular flexibility index (Phi) is 4.52. The van der Waals surface area contributed by atoms with Gasteiger partial charge in [0.05, 0.1) is 11.9 Å². The molecule has 1 amide bonds. The van der Waals surface area contributed by atoms with Crippen molar-refractivity contribution < 1.29 is 14.7 Å². The zero-order valence-corrected chi connectivity index (χ0v) is 12.7. The fraction of sp³-hybridized carbons (Fsp3) is 0.571. The first-order valence-corrected chi connectivity index (χ1v) is 6.98. The fourth-order valence-corrected chi connectivity index (χ4v) is 2.11. The summed E-state index contributed by atoms with van der Waals surface area (Å²) in [5, 5.41) is 8.74. The molecule has 0 radical (unpaired) electrons. The second kappa shape index (κ2) is 6.17. The van der Waals surface area contributed by atoms with Crippen molar-refractivity contribution in [2.24, 2.45) is 0 Å². The van der Waals surface area contributed by atoms with Crippen molar-refractivity contribution in [1.29, 1.82) is 0 Å². The van der Waals surface area contributed by atoms with Crippen LogP contribution in [0.2, 0.25) is 0 Å². The molecule has 21 heavy (non-hydrogen) atoms. The van der Waals surface area contributed by atoms with Gasteiger partial charge >= 0.3 is 6.09 Å². The maximum absolute atomic E-state index is 12.0. The van der Waals surface area contributed by atoms with Crippen LogP contribution in [0.15, 0.2) is 18.3 Å². The van der Waals surface area contributed by atoms with E-state index in [1.165, 1.54) is 0 Å². The molecule has 7 heteroatoms. The summed E-state index contributed by atoms with van der Waals surface area (Å²) in [6.45, 7) is 8.29. The predicted molar refractivity (Wildman–Crippen MR) is 79.7 cm³/mol. The van der Waals surface area contributed by atoms with Crippen molar-refractivity contribution in [3.05, 3.63) is 18.3 Å². The lowest BCUT2D eigenvalue weighted by atomic mass is 10.2. The van der Waals surface area contributed by atoms with Gasteiger partial charge in [-0.2, -0.15) is 0 Å². The molecule has 1 saturated heterocycles. The van der Waals surface area contributed by atoms with Crippen LogP contribution in [-0.2, 0) is 4.74 Å². The molecule has 1 aliphatic heterocycles. The molecular weight excluding hydrogens is 272 g/mol. The Bertz CT molecular complexity index is 476. The van der Waals surface area contributed by atoms with Crippen molar-refractivity contribution >= 4 is 17.6 Å². The second-order valence-electron chi connectivity index (χ2n) is 5.97. The number of ether oxygens (including phenoxy) is 1. The highest BCUT2D eigenvalue weighted by Gasteiger charge is 2.25. The third kappa shape index (κ3) is 4.22. The molecule has 1 fully saturated rings. The predicted octanol–water partition coefficient (Wildman–Crippen LogP) is 1.94. The Morgan fingerprint density at radius 3 is 2.43 bits per heavy atom. The number of hydrogen-bond donors (Lipinski definition) is 2. The van der Waals surface area contributed by atoms with Crippen LogP contribution in [0.5, 0.6) is 0 Å². The van der Waals surface area contributed by atoms with Crippen LogP contribution < -0.4 is 10.4 Å². The van der Waals surface area contributed by atoms with Gasteiger partial charge in [0, 0.05) is 26.2 Å². The van der Waals surface area contributed by atoms with Gasteiger partial charge in [0.2, 0.25) is 0 Å². The maximum atomic E-state index is 12.0. The molecule has 1 aliphatic rings. The molecule has 116 valence electrons. The van der Waals surface area contributed by atoms with Crippen LogP contribution in [0.25, 0.3) is 0 Å². The molecule has 0 bridgehead atoms. The Morgan fingerprint density at radius 2 is 1.95 bits per heavy atom. The van der Waals surface area contributed by atoms with E-state index < -0.39 is 5.60 Å². The Morgan fingerprint density at radius 1 is 1.29 bits per heavy atom. The smallest absolute Gasteiger partial charge is 0.410 e. The van der Waals surface area contributed by atoms with Crippen molar-refractivity contribution in [2.75, 3.05) is 36.6 Å². The summed E-state index contributed by atoms with van der Waals surface area (Å²) < 4.78 is 5.37. The van der Waals surface area contributed by atoms with Gasteiger partial charge in [0.1, 0.15) is 11.4 Å². The van der Waals surface area contributed by atoms with Crippen LogP contribution in [-0.4, -0.2) is 53.0 Å². The Balaban J connectivity index is 1.89. The number of piperazine rings is 1. The Labute approximate surface area is 124 Å². The highest BCUT2D eigenvalue weighted by Crippen LogP contribution is 2.18. The minimum absolute atomic E-state index is 0.264. The van der Waals surface area contributed by atoms with Gasteiger partial charge in [-0.3, -0.25) is 10.7 Å². The Hall–Kier alpha value is -2.02. The van der Waals surface area contributed by atoms with E-state index >= 15 is 0 Å². The van der Waals surface area contributed by atoms with E-state index in [1.54, 1.807) is 17.2 Å². The van der Waals surface area contributed by atoms with Crippen LogP contribution in [0, 0.1) is 0 Å². The first-order chi connectivity index (χ1) is 9.89. The summed E-state index contributed by atoms with van der Waals surface area (Å²) in [5.74, 6) is 0.408. The lowest BCUT2D eigenvalue weighted by Crippen LogP contribution is -2.50. The summed E-state index contributed by atoms with van der Waals surface area (Å²) in [7, 11) is 0. The summed E-state index contributed by atoms with van der Waals surface area (Å²) in [4.78, 5) is 19.9. The monoisotopic (exact) mass is 294 g/mol. The van der Waals surface area contributed by atoms with E-state index in [1.807, 2.05) is 32.3 Å². The van der Waals surface area contributed by atoms with E-state index in [2.05, 4.69) is 9.88 Å². The molecule has 1 aromatic rings. The topological polar surface area (TPSA) is 77.9 Å². The van der Waals surface area contributed by atoms with Gasteiger partial charge in [-0.1, -0.05) is 0 Å². The third-order valence-electron chi connectivity index (χ3n) is 3.16. The van der Waals surface area contributed by atoms with E-state index in [9.17, 15) is 4.79 Å². The standard InChI is InChI=1S/C14H22N4O3/c1-14(2,3)21-13(19)18-8-6-17(7-9-18)11-4-5-12(16-20)15-10-11/h4-5,10,20H,6-9H2,1-3H3,(H,15,16). The van der Waals surface area contributed by atoms with Gasteiger partial charge < -0.3 is 14.5 Å². The number of nitrogens with one attached hydrogen (secondary N) is 1. The molecular formula is C14H22N4O3. The summed E-state index contributed by atoms with van der Waals surface area (Å²) in [5.41, 5.74) is 2.50. The van der Waals surface area contributed by atoms with Gasteiger partial charge in [-0.15, -0.1) is 0 Å². The normalized spacial score (nSPS) is 15.8. The van der Waals surface area contributed by atoms with Crippen LogP contribution in [0.3, 0.4) is 0 Å². The van der Waals surface area contributed by atoms with Crippen LogP contribution >= 0.6 is 0 Å². The van der Waals surface area contributed by atoms with Crippen LogP contribution in [0.4, 0.5) is 16.3 Å². The number of amides is 1. The van der Waals surface area contributed by atoms with Crippen molar-refractivity contribution in [3.63, 3.8) is 0 Å². The van der Waals surface area contributed by atoms with Gasteiger partial charge in [0.15, 0.2) is 0 Å². The quantitative estimate of drug-likeness (QED) is 0.812. The number of anilines is 2. The van der Waals surface area contributed by atoms with E-state index in [4.69, 9.17) is 9.94 Å². The minimum Gasteiger partial charge on any atom is -0.444 e. The molecule has 0 aromatic carbocycles. The summed E-state index contributed by atoms with van der Waals surface area (Å²) in [6.07, 6.45) is 1.43. The highest BCUT2D eigenvalue weighted by atomic mass is 16.6. The molecule has 1 aromatic heterocycles. The highest BCUT2D eigenvalue weighted by molar-refractivity contribution is 5.68. The summed E-state index contributed by atoms with van der Waals surface area (Å²) >= 11 is 0. The third-order valence-corrected chi connectivity index (χ3v) is 3.16. The molecule has 0 aliphatic carbocycles. The number of carbonyl (C=O) groups is 1. The first-order valence-electron chi connectivity index (χ1n) is 6.98. The molecule has 7 nitrogen and oxygen atoms in total. The van der Waals surface area contributed by atoms with Gasteiger partial charge in [0.25, 0.3) is 0 Å². The average molecular weight is 294 g/mol. The maximum Gasteiger partial charge on any atom is 0.410 e. The zero-order valence-electron chi connectivity index (χ0n) is 12.7. The molecule has 0 atom stereocenters. The molecule has 2 rings (SSSR count). The fourth-order valence-electron chi connectivity index (χ4n) is 2.11. The van der Waals surface area contributed by atoms with E-state index in [0.29, 0.717) is 18.9 Å².